The number of para-hydroxylation sites is 1. The van der Waals surface area contributed by atoms with Gasteiger partial charge in [-0.2, -0.15) is 0 Å². The van der Waals surface area contributed by atoms with Crippen LogP contribution in [-0.4, -0.2) is 39.5 Å². The third kappa shape index (κ3) is 5.65. The van der Waals surface area contributed by atoms with Crippen LogP contribution in [0, 0.1) is 0 Å². The molecule has 1 rings (SSSR count). The van der Waals surface area contributed by atoms with Crippen molar-refractivity contribution in [2.45, 2.75) is 6.42 Å². The van der Waals surface area contributed by atoms with Gasteiger partial charge in [0.25, 0.3) is 0 Å². The Hall–Kier alpha value is -1.59. The average Bonchev–Trinajstić information content (AvgIpc) is 2.36. The number of anilines is 1. The minimum absolute atomic E-state index is 0.185. The Kier molecular flexibility index (Phi) is 6.83. The minimum Gasteiger partial charge on any atom is -0.463 e. The number of nitrogen functional groups attached to an aromatic ring is 1. The molecule has 18 heavy (non-hydrogen) atoms. The van der Waals surface area contributed by atoms with E-state index in [0.29, 0.717) is 25.5 Å². The van der Waals surface area contributed by atoms with E-state index >= 15 is 0 Å². The Morgan fingerprint density at radius 1 is 1.17 bits per heavy atom. The van der Waals surface area contributed by atoms with E-state index in [9.17, 15) is 4.79 Å². The first kappa shape index (κ1) is 14.5. The smallest absolute Gasteiger partial charge is 0.310 e. The number of ether oxygens (including phenoxy) is 3. The summed E-state index contributed by atoms with van der Waals surface area (Å²) < 4.78 is 15.0. The molecule has 0 aliphatic carbocycles. The number of hydrogen-bond donors (Lipinski definition) is 1. The first-order valence-electron chi connectivity index (χ1n) is 5.79. The zero-order chi connectivity index (χ0) is 13.2. The number of nitrogens with two attached hydrogens (primary N) is 1. The molecule has 0 atom stereocenters. The van der Waals surface area contributed by atoms with Crippen molar-refractivity contribution in [3.63, 3.8) is 0 Å². The molecule has 2 N–H and O–H groups in total. The third-order valence-electron chi connectivity index (χ3n) is 2.31. The monoisotopic (exact) mass is 253 g/mol. The molecule has 1 aromatic rings. The molecule has 0 aromatic heterocycles. The molecule has 0 fully saturated rings. The summed E-state index contributed by atoms with van der Waals surface area (Å²) >= 11 is 0. The molecule has 0 spiro atoms. The van der Waals surface area contributed by atoms with E-state index < -0.39 is 0 Å². The maximum absolute atomic E-state index is 11.5. The van der Waals surface area contributed by atoms with Gasteiger partial charge in [0.15, 0.2) is 0 Å². The Morgan fingerprint density at radius 3 is 2.61 bits per heavy atom. The molecular formula is C13H19NO4. The van der Waals surface area contributed by atoms with Gasteiger partial charge in [0.1, 0.15) is 6.61 Å². The number of carbonyl (C=O) groups is 1. The summed E-state index contributed by atoms with van der Waals surface area (Å²) in [5, 5.41) is 0. The molecule has 0 heterocycles. The van der Waals surface area contributed by atoms with E-state index in [1.807, 2.05) is 18.2 Å². The summed E-state index contributed by atoms with van der Waals surface area (Å²) in [6.45, 7) is 1.66. The lowest BCUT2D eigenvalue weighted by Crippen LogP contribution is -2.14. The molecule has 5 nitrogen and oxygen atoms in total. The van der Waals surface area contributed by atoms with E-state index in [1.54, 1.807) is 13.2 Å². The van der Waals surface area contributed by atoms with Crippen LogP contribution in [0.4, 0.5) is 5.69 Å². The molecule has 0 saturated carbocycles. The Morgan fingerprint density at radius 2 is 1.89 bits per heavy atom. The largest absolute Gasteiger partial charge is 0.463 e. The van der Waals surface area contributed by atoms with E-state index in [4.69, 9.17) is 19.9 Å². The van der Waals surface area contributed by atoms with Gasteiger partial charge in [0.05, 0.1) is 26.2 Å². The second kappa shape index (κ2) is 8.49. The van der Waals surface area contributed by atoms with Crippen molar-refractivity contribution >= 4 is 11.7 Å². The standard InChI is InChI=1S/C13H19NO4/c1-16-6-7-17-8-9-18-13(15)10-11-4-2-3-5-12(11)14/h2-5H,6-10,14H2,1H3. The highest BCUT2D eigenvalue weighted by molar-refractivity contribution is 5.74. The first-order chi connectivity index (χ1) is 8.74. The van der Waals surface area contributed by atoms with E-state index in [1.165, 1.54) is 0 Å². The molecule has 0 aliphatic heterocycles. The van der Waals surface area contributed by atoms with Crippen molar-refractivity contribution in [1.82, 2.24) is 0 Å². The fourth-order valence-corrected chi connectivity index (χ4v) is 1.36. The van der Waals surface area contributed by atoms with Gasteiger partial charge in [-0.1, -0.05) is 18.2 Å². The quantitative estimate of drug-likeness (QED) is 0.425. The van der Waals surface area contributed by atoms with Gasteiger partial charge in [0.2, 0.25) is 0 Å². The summed E-state index contributed by atoms with van der Waals surface area (Å²) in [5.41, 5.74) is 7.12. The van der Waals surface area contributed by atoms with Crippen LogP contribution in [0.3, 0.4) is 0 Å². The molecule has 0 bridgehead atoms. The third-order valence-corrected chi connectivity index (χ3v) is 2.31. The zero-order valence-corrected chi connectivity index (χ0v) is 10.6. The highest BCUT2D eigenvalue weighted by Crippen LogP contribution is 2.11. The molecule has 0 amide bonds. The van der Waals surface area contributed by atoms with Gasteiger partial charge in [0, 0.05) is 12.8 Å². The topological polar surface area (TPSA) is 70.8 Å². The lowest BCUT2D eigenvalue weighted by Gasteiger charge is -2.07. The molecule has 5 heteroatoms. The number of carbonyl (C=O) groups excluding carboxylic acids is 1. The van der Waals surface area contributed by atoms with Crippen molar-refractivity contribution in [3.8, 4) is 0 Å². The number of esters is 1. The lowest BCUT2D eigenvalue weighted by atomic mass is 10.1. The predicted octanol–water partition coefficient (Wildman–Crippen LogP) is 1.02. The van der Waals surface area contributed by atoms with Crippen molar-refractivity contribution in [3.05, 3.63) is 29.8 Å². The molecule has 0 unspecified atom stereocenters. The molecule has 0 aliphatic rings. The van der Waals surface area contributed by atoms with Crippen LogP contribution in [-0.2, 0) is 25.4 Å². The number of rotatable bonds is 8. The van der Waals surface area contributed by atoms with Gasteiger partial charge in [-0.3, -0.25) is 4.79 Å². The summed E-state index contributed by atoms with van der Waals surface area (Å²) in [4.78, 5) is 11.5. The SMILES string of the molecule is COCCOCCOC(=O)Cc1ccccc1N. The van der Waals surface area contributed by atoms with Gasteiger partial charge < -0.3 is 19.9 Å². The minimum atomic E-state index is -0.303. The van der Waals surface area contributed by atoms with Gasteiger partial charge in [-0.15, -0.1) is 0 Å². The van der Waals surface area contributed by atoms with Gasteiger partial charge >= 0.3 is 5.97 Å². The van der Waals surface area contributed by atoms with Gasteiger partial charge in [-0.05, 0) is 11.6 Å². The van der Waals surface area contributed by atoms with Crippen LogP contribution in [0.15, 0.2) is 24.3 Å². The predicted molar refractivity (Wildman–Crippen MR) is 68.2 cm³/mol. The van der Waals surface area contributed by atoms with Crippen LogP contribution in [0.1, 0.15) is 5.56 Å². The van der Waals surface area contributed by atoms with Crippen LogP contribution in [0.2, 0.25) is 0 Å². The lowest BCUT2D eigenvalue weighted by molar-refractivity contribution is -0.144. The molecular weight excluding hydrogens is 234 g/mol. The second-order valence-corrected chi connectivity index (χ2v) is 3.70. The highest BCUT2D eigenvalue weighted by Gasteiger charge is 2.06. The Labute approximate surface area is 107 Å². The zero-order valence-electron chi connectivity index (χ0n) is 10.6. The average molecular weight is 253 g/mol. The van der Waals surface area contributed by atoms with E-state index in [2.05, 4.69) is 0 Å². The second-order valence-electron chi connectivity index (χ2n) is 3.70. The number of methoxy groups -OCH3 is 1. The summed E-state index contributed by atoms with van der Waals surface area (Å²) in [6.07, 6.45) is 0.185. The Bertz CT molecular complexity index is 368. The van der Waals surface area contributed by atoms with Crippen molar-refractivity contribution < 1.29 is 19.0 Å². The van der Waals surface area contributed by atoms with Crippen LogP contribution in [0.5, 0.6) is 0 Å². The summed E-state index contributed by atoms with van der Waals surface area (Å²) in [6, 6.07) is 7.24. The highest BCUT2D eigenvalue weighted by atomic mass is 16.6. The Balaban J connectivity index is 2.16. The van der Waals surface area contributed by atoms with E-state index in [-0.39, 0.29) is 19.0 Å². The maximum Gasteiger partial charge on any atom is 0.310 e. The number of hydrogen-bond acceptors (Lipinski definition) is 5. The van der Waals surface area contributed by atoms with Crippen LogP contribution >= 0.6 is 0 Å². The van der Waals surface area contributed by atoms with Crippen molar-refractivity contribution in [2.24, 2.45) is 0 Å². The van der Waals surface area contributed by atoms with Gasteiger partial charge in [-0.25, -0.2) is 0 Å². The summed E-state index contributed by atoms with van der Waals surface area (Å²) in [7, 11) is 1.60. The van der Waals surface area contributed by atoms with Crippen molar-refractivity contribution in [2.75, 3.05) is 39.3 Å². The van der Waals surface area contributed by atoms with E-state index in [0.717, 1.165) is 5.56 Å². The summed E-state index contributed by atoms with van der Waals surface area (Å²) in [5.74, 6) is -0.303. The maximum atomic E-state index is 11.5. The normalized spacial score (nSPS) is 10.3. The van der Waals surface area contributed by atoms with Crippen LogP contribution < -0.4 is 5.73 Å². The number of benzene rings is 1. The molecule has 100 valence electrons. The first-order valence-corrected chi connectivity index (χ1v) is 5.79. The van der Waals surface area contributed by atoms with Crippen LogP contribution in [0.25, 0.3) is 0 Å². The fraction of sp³-hybridized carbons (Fsp3) is 0.462. The fourth-order valence-electron chi connectivity index (χ4n) is 1.36. The molecule has 0 saturated heterocycles. The molecule has 0 radical (unpaired) electrons. The molecule has 1 aromatic carbocycles. The van der Waals surface area contributed by atoms with Crippen molar-refractivity contribution in [1.29, 1.82) is 0 Å².